The molecule has 56 heavy (non-hydrogen) atoms. The first kappa shape index (κ1) is 53.6. The molecular weight excluding hydrogens is 697 g/mol. The number of hydrogen-bond acceptors (Lipinski definition) is 6. The van der Waals surface area contributed by atoms with Gasteiger partial charge in [-0.25, -0.2) is 0 Å². The monoisotopic (exact) mass is 787 g/mol. The van der Waals surface area contributed by atoms with Crippen LogP contribution < -0.4 is 0 Å². The molecular formula is C50H90O6. The minimum Gasteiger partial charge on any atom is -0.462 e. The van der Waals surface area contributed by atoms with Crippen LogP contribution in [0.3, 0.4) is 0 Å². The van der Waals surface area contributed by atoms with Crippen molar-refractivity contribution >= 4 is 17.9 Å². The van der Waals surface area contributed by atoms with Crippen LogP contribution in [0.2, 0.25) is 0 Å². The van der Waals surface area contributed by atoms with Crippen LogP contribution in [0.5, 0.6) is 0 Å². The molecule has 326 valence electrons. The predicted molar refractivity (Wildman–Crippen MR) is 238 cm³/mol. The minimum absolute atomic E-state index is 0.0786. The Kier molecular flexibility index (Phi) is 43.4. The van der Waals surface area contributed by atoms with Crippen molar-refractivity contribution in [1.82, 2.24) is 0 Å². The summed E-state index contributed by atoms with van der Waals surface area (Å²) >= 11 is 0. The molecule has 1 atom stereocenters. The summed E-state index contributed by atoms with van der Waals surface area (Å²) < 4.78 is 16.6. The zero-order valence-corrected chi connectivity index (χ0v) is 37.2. The van der Waals surface area contributed by atoms with E-state index in [0.717, 1.165) is 83.5 Å². The third kappa shape index (κ3) is 42.8. The molecule has 0 aromatic carbocycles. The molecule has 6 heteroatoms. The van der Waals surface area contributed by atoms with Crippen LogP contribution in [0.1, 0.15) is 245 Å². The van der Waals surface area contributed by atoms with Gasteiger partial charge in [0.1, 0.15) is 13.2 Å². The average molecular weight is 787 g/mol. The summed E-state index contributed by atoms with van der Waals surface area (Å²) in [5, 5.41) is 0. The fourth-order valence-electron chi connectivity index (χ4n) is 6.69. The van der Waals surface area contributed by atoms with Crippen molar-refractivity contribution in [2.24, 2.45) is 0 Å². The Morgan fingerprint density at radius 3 is 1.05 bits per heavy atom. The summed E-state index contributed by atoms with van der Waals surface area (Å²) in [7, 11) is 0. The Labute approximate surface area is 346 Å². The normalized spacial score (nSPS) is 12.3. The van der Waals surface area contributed by atoms with E-state index in [1.165, 1.54) is 122 Å². The molecule has 0 aliphatic carbocycles. The van der Waals surface area contributed by atoms with Gasteiger partial charge in [0.05, 0.1) is 0 Å². The van der Waals surface area contributed by atoms with Gasteiger partial charge in [-0.3, -0.25) is 14.4 Å². The molecule has 0 heterocycles. The maximum absolute atomic E-state index is 12.7. The van der Waals surface area contributed by atoms with Gasteiger partial charge in [0.25, 0.3) is 0 Å². The van der Waals surface area contributed by atoms with Crippen LogP contribution >= 0.6 is 0 Å². The van der Waals surface area contributed by atoms with Crippen LogP contribution in [-0.2, 0) is 28.6 Å². The second-order valence-electron chi connectivity index (χ2n) is 16.0. The molecule has 0 spiro atoms. The Hall–Kier alpha value is -2.37. The highest BCUT2D eigenvalue weighted by atomic mass is 16.6. The van der Waals surface area contributed by atoms with Crippen molar-refractivity contribution in [1.29, 1.82) is 0 Å². The predicted octanol–water partition coefficient (Wildman–Crippen LogP) is 15.4. The first-order chi connectivity index (χ1) is 27.5. The van der Waals surface area contributed by atoms with Crippen molar-refractivity contribution in [3.8, 4) is 0 Å². The smallest absolute Gasteiger partial charge is 0.306 e. The molecule has 1 unspecified atom stereocenters. The maximum atomic E-state index is 12.7. The zero-order valence-electron chi connectivity index (χ0n) is 37.2. The van der Waals surface area contributed by atoms with E-state index in [9.17, 15) is 14.4 Å². The van der Waals surface area contributed by atoms with E-state index in [1.54, 1.807) is 0 Å². The Balaban J connectivity index is 4.24. The minimum atomic E-state index is -0.775. The highest BCUT2D eigenvalue weighted by molar-refractivity contribution is 5.71. The number of unbranched alkanes of at least 4 members (excludes halogenated alkanes) is 26. The number of rotatable bonds is 43. The third-order valence-corrected chi connectivity index (χ3v) is 10.4. The fourth-order valence-corrected chi connectivity index (χ4v) is 6.69. The fraction of sp³-hybridized carbons (Fsp3) is 0.820. The number of carbonyl (C=O) groups excluding carboxylic acids is 3. The lowest BCUT2D eigenvalue weighted by Crippen LogP contribution is -2.30. The molecule has 0 aromatic heterocycles. The van der Waals surface area contributed by atoms with Crippen LogP contribution in [0.25, 0.3) is 0 Å². The Bertz CT molecular complexity index is 953. The van der Waals surface area contributed by atoms with E-state index in [1.807, 2.05) is 0 Å². The quantitative estimate of drug-likeness (QED) is 0.0265. The third-order valence-electron chi connectivity index (χ3n) is 10.4. The van der Waals surface area contributed by atoms with Gasteiger partial charge in [0, 0.05) is 19.3 Å². The SMILES string of the molecule is CCCC/C=C\C/C=C\CCCCCCCC(=O)OC(COC(=O)CCCCCCCC)COC(=O)CCCCCCCCC/C=C\CCCCCCCCC. The van der Waals surface area contributed by atoms with Crippen molar-refractivity contribution in [2.45, 2.75) is 252 Å². The lowest BCUT2D eigenvalue weighted by molar-refractivity contribution is -0.167. The maximum Gasteiger partial charge on any atom is 0.306 e. The highest BCUT2D eigenvalue weighted by Crippen LogP contribution is 2.14. The summed E-state index contributed by atoms with van der Waals surface area (Å²) in [4.78, 5) is 37.6. The van der Waals surface area contributed by atoms with Crippen LogP contribution in [0.4, 0.5) is 0 Å². The topological polar surface area (TPSA) is 78.9 Å². The van der Waals surface area contributed by atoms with Crippen molar-refractivity contribution in [3.05, 3.63) is 36.5 Å². The Morgan fingerprint density at radius 2 is 0.661 bits per heavy atom. The van der Waals surface area contributed by atoms with Gasteiger partial charge in [0.15, 0.2) is 6.10 Å². The largest absolute Gasteiger partial charge is 0.462 e. The second-order valence-corrected chi connectivity index (χ2v) is 16.0. The van der Waals surface area contributed by atoms with Crippen LogP contribution in [-0.4, -0.2) is 37.2 Å². The van der Waals surface area contributed by atoms with Crippen LogP contribution in [0.15, 0.2) is 36.5 Å². The first-order valence-electron chi connectivity index (χ1n) is 24.0. The van der Waals surface area contributed by atoms with E-state index >= 15 is 0 Å². The summed E-state index contributed by atoms with van der Waals surface area (Å²) in [6, 6.07) is 0. The molecule has 0 amide bonds. The van der Waals surface area contributed by atoms with Gasteiger partial charge in [-0.15, -0.1) is 0 Å². The number of hydrogen-bond donors (Lipinski definition) is 0. The van der Waals surface area contributed by atoms with Crippen LogP contribution in [0, 0.1) is 0 Å². The van der Waals surface area contributed by atoms with E-state index in [2.05, 4.69) is 57.2 Å². The zero-order chi connectivity index (χ0) is 40.8. The van der Waals surface area contributed by atoms with Gasteiger partial charge in [-0.05, 0) is 70.6 Å². The average Bonchev–Trinajstić information content (AvgIpc) is 3.19. The van der Waals surface area contributed by atoms with E-state index in [0.29, 0.717) is 19.3 Å². The molecule has 0 aliphatic heterocycles. The standard InChI is InChI=1S/C50H90O6/c1-4-7-10-13-16-18-20-22-24-25-26-27-29-30-32-34-37-40-43-49(52)55-46-47(45-54-48(51)42-39-36-15-12-9-6-3)56-50(53)44-41-38-35-33-31-28-23-21-19-17-14-11-8-5-2/h14,17,21,23-25,47H,4-13,15-16,18-20,22,26-46H2,1-3H3/b17-14-,23-21-,25-24-. The van der Waals surface area contributed by atoms with Crippen molar-refractivity contribution in [3.63, 3.8) is 0 Å². The van der Waals surface area contributed by atoms with Gasteiger partial charge in [0.2, 0.25) is 0 Å². The highest BCUT2D eigenvalue weighted by Gasteiger charge is 2.19. The molecule has 0 saturated carbocycles. The van der Waals surface area contributed by atoms with E-state index < -0.39 is 6.10 Å². The summed E-state index contributed by atoms with van der Waals surface area (Å²) in [5.41, 5.74) is 0. The molecule has 0 fully saturated rings. The molecule has 0 saturated heterocycles. The summed E-state index contributed by atoms with van der Waals surface area (Å²) in [5.74, 6) is -0.903. The molecule has 0 bridgehead atoms. The molecule has 0 aromatic rings. The number of allylic oxidation sites excluding steroid dienone is 6. The van der Waals surface area contributed by atoms with Gasteiger partial charge < -0.3 is 14.2 Å². The van der Waals surface area contributed by atoms with Gasteiger partial charge >= 0.3 is 17.9 Å². The molecule has 0 rings (SSSR count). The van der Waals surface area contributed by atoms with Gasteiger partial charge in [-0.1, -0.05) is 192 Å². The molecule has 6 nitrogen and oxygen atoms in total. The van der Waals surface area contributed by atoms with E-state index in [-0.39, 0.29) is 31.1 Å². The molecule has 0 N–H and O–H groups in total. The Morgan fingerprint density at radius 1 is 0.357 bits per heavy atom. The van der Waals surface area contributed by atoms with E-state index in [4.69, 9.17) is 14.2 Å². The lowest BCUT2D eigenvalue weighted by Gasteiger charge is -2.18. The van der Waals surface area contributed by atoms with Crippen molar-refractivity contribution < 1.29 is 28.6 Å². The number of carbonyl (C=O) groups is 3. The summed E-state index contributed by atoms with van der Waals surface area (Å²) in [6.45, 7) is 6.52. The number of esters is 3. The second kappa shape index (κ2) is 45.3. The molecule has 0 aliphatic rings. The molecule has 0 radical (unpaired) electrons. The number of ether oxygens (including phenoxy) is 3. The summed E-state index contributed by atoms with van der Waals surface area (Å²) in [6.07, 6.45) is 51.5. The van der Waals surface area contributed by atoms with Gasteiger partial charge in [-0.2, -0.15) is 0 Å². The first-order valence-corrected chi connectivity index (χ1v) is 24.0. The van der Waals surface area contributed by atoms with Crippen molar-refractivity contribution in [2.75, 3.05) is 13.2 Å². The lowest BCUT2D eigenvalue weighted by atomic mass is 10.1.